The van der Waals surface area contributed by atoms with Crippen molar-refractivity contribution in [2.75, 3.05) is 30.3 Å². The van der Waals surface area contributed by atoms with Gasteiger partial charge in [0.15, 0.2) is 0 Å². The van der Waals surface area contributed by atoms with Crippen LogP contribution in [0.4, 0.5) is 11.8 Å². The highest BCUT2D eigenvalue weighted by atomic mass is 16.5. The molecule has 0 radical (unpaired) electrons. The molecule has 3 N–H and O–H groups in total. The summed E-state index contributed by atoms with van der Waals surface area (Å²) in [4.78, 5) is 20.6. The zero-order valence-corrected chi connectivity index (χ0v) is 15.3. The van der Waals surface area contributed by atoms with E-state index >= 15 is 0 Å². The van der Waals surface area contributed by atoms with Gasteiger partial charge in [-0.25, -0.2) is 4.98 Å². The molecule has 0 unspecified atom stereocenters. The summed E-state index contributed by atoms with van der Waals surface area (Å²) in [7, 11) is 0. The van der Waals surface area contributed by atoms with Crippen molar-refractivity contribution in [3.63, 3.8) is 0 Å². The Morgan fingerprint density at radius 1 is 1.16 bits per heavy atom. The van der Waals surface area contributed by atoms with E-state index in [2.05, 4.69) is 31.1 Å². The molecule has 0 aliphatic rings. The molecular weight excluding hydrogens is 320 g/mol. The predicted octanol–water partition coefficient (Wildman–Crippen LogP) is 1.98. The molecule has 0 spiro atoms. The minimum Gasteiger partial charge on any atom is -0.370 e. The van der Waals surface area contributed by atoms with E-state index in [0.29, 0.717) is 31.9 Å². The van der Waals surface area contributed by atoms with Gasteiger partial charge in [0, 0.05) is 43.4 Å². The fourth-order valence-corrected chi connectivity index (χ4v) is 2.48. The number of carbonyl (C=O) groups excluding carboxylic acids is 1. The second kappa shape index (κ2) is 9.00. The second-order valence-corrected chi connectivity index (χ2v) is 5.83. The Bertz CT molecular complexity index is 694. The largest absolute Gasteiger partial charge is 0.370 e. The van der Waals surface area contributed by atoms with Gasteiger partial charge < -0.3 is 20.5 Å². The molecule has 0 bridgehead atoms. The molecule has 136 valence electrons. The van der Waals surface area contributed by atoms with Crippen LogP contribution in [0.2, 0.25) is 0 Å². The van der Waals surface area contributed by atoms with E-state index < -0.39 is 0 Å². The van der Waals surface area contributed by atoms with Gasteiger partial charge in [0.25, 0.3) is 0 Å². The minimum atomic E-state index is 0.000277. The number of rotatable bonds is 9. The maximum absolute atomic E-state index is 11.9. The number of aromatic nitrogens is 3. The van der Waals surface area contributed by atoms with E-state index in [-0.39, 0.29) is 5.91 Å². The number of carbonyl (C=O) groups is 1. The van der Waals surface area contributed by atoms with Crippen molar-refractivity contribution in [1.82, 2.24) is 20.4 Å². The summed E-state index contributed by atoms with van der Waals surface area (Å²) in [5.74, 6) is 2.13. The topological polar surface area (TPSA) is 105 Å². The summed E-state index contributed by atoms with van der Waals surface area (Å²) in [6.45, 7) is 9.56. The van der Waals surface area contributed by atoms with Gasteiger partial charge in [-0.1, -0.05) is 5.16 Å². The molecule has 1 amide bonds. The van der Waals surface area contributed by atoms with Crippen LogP contribution in [0.15, 0.2) is 10.6 Å². The van der Waals surface area contributed by atoms with Crippen molar-refractivity contribution in [3.8, 4) is 0 Å². The molecule has 25 heavy (non-hydrogen) atoms. The van der Waals surface area contributed by atoms with Crippen LogP contribution in [-0.4, -0.2) is 40.7 Å². The molecular formula is C17H26N6O2. The summed E-state index contributed by atoms with van der Waals surface area (Å²) in [6.07, 6.45) is 1.04. The van der Waals surface area contributed by atoms with E-state index in [1.807, 2.05) is 33.8 Å². The Balaban J connectivity index is 1.71. The summed E-state index contributed by atoms with van der Waals surface area (Å²) in [6, 6.07) is 1.89. The van der Waals surface area contributed by atoms with E-state index in [9.17, 15) is 4.79 Å². The average molecular weight is 346 g/mol. The number of nitrogens with zero attached hydrogens (tertiary/aromatic N) is 3. The van der Waals surface area contributed by atoms with Gasteiger partial charge in [-0.3, -0.25) is 4.79 Å². The number of hydrogen-bond acceptors (Lipinski definition) is 7. The second-order valence-electron chi connectivity index (χ2n) is 5.83. The van der Waals surface area contributed by atoms with Crippen molar-refractivity contribution in [2.24, 2.45) is 0 Å². The first-order chi connectivity index (χ1) is 12.0. The van der Waals surface area contributed by atoms with Crippen LogP contribution in [-0.2, 0) is 11.2 Å². The first kappa shape index (κ1) is 18.7. The third-order valence-electron chi connectivity index (χ3n) is 3.73. The van der Waals surface area contributed by atoms with Crippen LogP contribution in [0.3, 0.4) is 0 Å². The molecule has 0 aliphatic heterocycles. The lowest BCUT2D eigenvalue weighted by Crippen LogP contribution is -2.29. The zero-order chi connectivity index (χ0) is 18.2. The average Bonchev–Trinajstić information content (AvgIpc) is 2.88. The van der Waals surface area contributed by atoms with Gasteiger partial charge in [-0.15, -0.1) is 0 Å². The smallest absolute Gasteiger partial charge is 0.224 e. The van der Waals surface area contributed by atoms with Crippen molar-refractivity contribution in [2.45, 2.75) is 40.5 Å². The van der Waals surface area contributed by atoms with Gasteiger partial charge in [-0.2, -0.15) is 4.98 Å². The van der Waals surface area contributed by atoms with Crippen LogP contribution < -0.4 is 16.0 Å². The van der Waals surface area contributed by atoms with Gasteiger partial charge in [0.1, 0.15) is 11.6 Å². The Morgan fingerprint density at radius 2 is 1.96 bits per heavy atom. The quantitative estimate of drug-likeness (QED) is 0.596. The molecule has 8 heteroatoms. The minimum absolute atomic E-state index is 0.000277. The number of anilines is 2. The number of nitrogens with one attached hydrogen (secondary N) is 3. The Kier molecular flexibility index (Phi) is 6.73. The van der Waals surface area contributed by atoms with Crippen molar-refractivity contribution in [1.29, 1.82) is 0 Å². The SMILES string of the molecule is CCNc1cc(C)nc(NCCNC(=O)CCc2c(C)noc2C)n1. The fourth-order valence-electron chi connectivity index (χ4n) is 2.48. The first-order valence-electron chi connectivity index (χ1n) is 8.51. The molecule has 0 aliphatic carbocycles. The van der Waals surface area contributed by atoms with E-state index in [1.165, 1.54) is 0 Å². The van der Waals surface area contributed by atoms with E-state index in [0.717, 1.165) is 35.1 Å². The van der Waals surface area contributed by atoms with Gasteiger partial charge in [0.2, 0.25) is 11.9 Å². The lowest BCUT2D eigenvalue weighted by molar-refractivity contribution is -0.120. The Morgan fingerprint density at radius 3 is 2.64 bits per heavy atom. The summed E-state index contributed by atoms with van der Waals surface area (Å²) in [5, 5.41) is 13.1. The van der Waals surface area contributed by atoms with Gasteiger partial charge >= 0.3 is 0 Å². The van der Waals surface area contributed by atoms with Crippen molar-refractivity contribution in [3.05, 3.63) is 28.8 Å². The molecule has 2 heterocycles. The molecule has 8 nitrogen and oxygen atoms in total. The molecule has 2 aromatic rings. The standard InChI is InChI=1S/C17H26N6O2/c1-5-18-15-10-11(2)21-17(22-15)20-9-8-19-16(24)7-6-14-12(3)23-25-13(14)4/h10H,5-9H2,1-4H3,(H,19,24)(H2,18,20,21,22). The molecule has 0 aromatic carbocycles. The first-order valence-corrected chi connectivity index (χ1v) is 8.51. The summed E-state index contributed by atoms with van der Waals surface area (Å²) < 4.78 is 5.10. The van der Waals surface area contributed by atoms with E-state index in [1.54, 1.807) is 0 Å². The molecule has 0 saturated carbocycles. The van der Waals surface area contributed by atoms with Crippen molar-refractivity contribution < 1.29 is 9.32 Å². The number of aryl methyl sites for hydroxylation is 3. The maximum atomic E-state index is 11.9. The number of amides is 1. The summed E-state index contributed by atoms with van der Waals surface area (Å²) >= 11 is 0. The lowest BCUT2D eigenvalue weighted by Gasteiger charge is -2.09. The lowest BCUT2D eigenvalue weighted by atomic mass is 10.1. The Labute approximate surface area is 147 Å². The third kappa shape index (κ3) is 5.74. The highest BCUT2D eigenvalue weighted by Gasteiger charge is 2.11. The molecule has 2 aromatic heterocycles. The van der Waals surface area contributed by atoms with Gasteiger partial charge in [-0.05, 0) is 34.1 Å². The zero-order valence-electron chi connectivity index (χ0n) is 15.3. The maximum Gasteiger partial charge on any atom is 0.224 e. The van der Waals surface area contributed by atoms with Crippen LogP contribution in [0.5, 0.6) is 0 Å². The molecule has 0 atom stereocenters. The monoisotopic (exact) mass is 346 g/mol. The molecule has 0 fully saturated rings. The number of hydrogen-bond donors (Lipinski definition) is 3. The summed E-state index contributed by atoms with van der Waals surface area (Å²) in [5.41, 5.74) is 2.74. The van der Waals surface area contributed by atoms with Crippen LogP contribution >= 0.6 is 0 Å². The molecule has 0 saturated heterocycles. The van der Waals surface area contributed by atoms with Crippen LogP contribution in [0.25, 0.3) is 0 Å². The Hall–Kier alpha value is -2.64. The van der Waals surface area contributed by atoms with E-state index in [4.69, 9.17) is 4.52 Å². The third-order valence-corrected chi connectivity index (χ3v) is 3.73. The fraction of sp³-hybridized carbons (Fsp3) is 0.529. The normalized spacial score (nSPS) is 10.6. The highest BCUT2D eigenvalue weighted by molar-refractivity contribution is 5.76. The predicted molar refractivity (Wildman–Crippen MR) is 96.7 cm³/mol. The van der Waals surface area contributed by atoms with Gasteiger partial charge in [0.05, 0.1) is 5.69 Å². The van der Waals surface area contributed by atoms with Crippen LogP contribution in [0.1, 0.15) is 36.1 Å². The highest BCUT2D eigenvalue weighted by Crippen LogP contribution is 2.14. The molecule has 2 rings (SSSR count). The van der Waals surface area contributed by atoms with Crippen molar-refractivity contribution >= 4 is 17.7 Å². The van der Waals surface area contributed by atoms with Crippen LogP contribution in [0, 0.1) is 20.8 Å².